The van der Waals surface area contributed by atoms with Crippen molar-refractivity contribution in [3.8, 4) is 11.3 Å². The number of hydrogen-bond acceptors (Lipinski definition) is 3. The molecule has 0 saturated heterocycles. The normalized spacial score (nSPS) is 12.6. The second-order valence-corrected chi connectivity index (χ2v) is 5.64. The molecule has 0 saturated carbocycles. The van der Waals surface area contributed by atoms with Crippen LogP contribution in [-0.4, -0.2) is 9.97 Å². The summed E-state index contributed by atoms with van der Waals surface area (Å²) in [5.41, 5.74) is -3.34. The van der Waals surface area contributed by atoms with E-state index in [9.17, 15) is 31.1 Å². The zero-order valence-electron chi connectivity index (χ0n) is 13.7. The monoisotopic (exact) mass is 400 g/mol. The van der Waals surface area contributed by atoms with Gasteiger partial charge in [-0.1, -0.05) is 12.1 Å². The number of alkyl halides is 6. The fraction of sp³-hybridized carbons (Fsp3) is 0.111. The van der Waals surface area contributed by atoms with Gasteiger partial charge in [0.2, 0.25) is 0 Å². The van der Waals surface area contributed by atoms with Gasteiger partial charge in [-0.05, 0) is 42.5 Å². The van der Waals surface area contributed by atoms with Crippen molar-refractivity contribution in [2.24, 2.45) is 0 Å². The Morgan fingerprint density at radius 3 is 2.36 bits per heavy atom. The highest BCUT2D eigenvalue weighted by atomic mass is 19.4. The molecule has 0 fully saturated rings. The molecule has 1 N–H and O–H groups in total. The Hall–Kier alpha value is -3.30. The number of aromatic nitrogens is 2. The maximum absolute atomic E-state index is 12.8. The number of hydrogen-bond donors (Lipinski definition) is 1. The van der Waals surface area contributed by atoms with Crippen LogP contribution < -0.4 is 5.69 Å². The summed E-state index contributed by atoms with van der Waals surface area (Å²) in [5.74, 6) is 0.295. The van der Waals surface area contributed by atoms with Gasteiger partial charge in [0.25, 0.3) is 0 Å². The van der Waals surface area contributed by atoms with Crippen LogP contribution in [0.5, 0.6) is 0 Å². The molecule has 2 aromatic heterocycles. The number of nitrogens with one attached hydrogen (secondary N) is 1. The van der Waals surface area contributed by atoms with Gasteiger partial charge in [0, 0.05) is 5.56 Å². The third-order valence-electron chi connectivity index (χ3n) is 3.59. The molecule has 1 aromatic carbocycles. The third-order valence-corrected chi connectivity index (χ3v) is 3.59. The molecule has 0 spiro atoms. The molecule has 3 aromatic rings. The van der Waals surface area contributed by atoms with Gasteiger partial charge in [-0.15, -0.1) is 0 Å². The first kappa shape index (κ1) is 19.5. The molecule has 0 radical (unpaired) electrons. The van der Waals surface area contributed by atoms with Gasteiger partial charge in [0.1, 0.15) is 17.2 Å². The quantitative estimate of drug-likeness (QED) is 0.612. The molecule has 10 heteroatoms. The smallest absolute Gasteiger partial charge is 0.431 e. The van der Waals surface area contributed by atoms with Crippen molar-refractivity contribution in [3.05, 3.63) is 75.7 Å². The molecule has 3 rings (SSSR count). The highest BCUT2D eigenvalue weighted by Gasteiger charge is 2.32. The van der Waals surface area contributed by atoms with Crippen LogP contribution in [0.2, 0.25) is 0 Å². The molecule has 0 aliphatic rings. The summed E-state index contributed by atoms with van der Waals surface area (Å²) in [6.07, 6.45) is -6.88. The van der Waals surface area contributed by atoms with Gasteiger partial charge in [0.15, 0.2) is 0 Å². The highest BCUT2D eigenvalue weighted by Crippen LogP contribution is 2.33. The van der Waals surface area contributed by atoms with E-state index in [1.54, 1.807) is 4.98 Å². The molecule has 0 atom stereocenters. The molecule has 0 aliphatic heterocycles. The van der Waals surface area contributed by atoms with Gasteiger partial charge in [-0.2, -0.15) is 31.3 Å². The maximum atomic E-state index is 12.8. The van der Waals surface area contributed by atoms with E-state index in [1.807, 2.05) is 0 Å². The number of nitrogens with zero attached hydrogens (tertiary/aromatic N) is 1. The van der Waals surface area contributed by atoms with E-state index in [0.717, 1.165) is 18.2 Å². The topological polar surface area (TPSA) is 58.9 Å². The van der Waals surface area contributed by atoms with Crippen LogP contribution in [0.25, 0.3) is 23.5 Å². The number of furan rings is 1. The summed E-state index contributed by atoms with van der Waals surface area (Å²) >= 11 is 0. The molecule has 28 heavy (non-hydrogen) atoms. The van der Waals surface area contributed by atoms with Crippen molar-refractivity contribution in [2.45, 2.75) is 12.4 Å². The molecule has 0 unspecified atom stereocenters. The molecule has 0 aliphatic carbocycles. The molecule has 0 amide bonds. The fourth-order valence-corrected chi connectivity index (χ4v) is 2.33. The average Bonchev–Trinajstić information content (AvgIpc) is 3.07. The van der Waals surface area contributed by atoms with Crippen molar-refractivity contribution in [1.29, 1.82) is 0 Å². The lowest BCUT2D eigenvalue weighted by Gasteiger charge is -2.07. The second kappa shape index (κ2) is 7.02. The molecular weight excluding hydrogens is 390 g/mol. The second-order valence-electron chi connectivity index (χ2n) is 5.64. The Morgan fingerprint density at radius 1 is 0.929 bits per heavy atom. The minimum Gasteiger partial charge on any atom is -0.457 e. The maximum Gasteiger partial charge on any atom is 0.431 e. The van der Waals surface area contributed by atoms with Crippen LogP contribution >= 0.6 is 0 Å². The van der Waals surface area contributed by atoms with Gasteiger partial charge in [-0.25, -0.2) is 4.79 Å². The zero-order chi connectivity index (χ0) is 20.5. The molecule has 2 heterocycles. The summed E-state index contributed by atoms with van der Waals surface area (Å²) in [4.78, 5) is 16.2. The molecule has 4 nitrogen and oxygen atoms in total. The number of rotatable bonds is 3. The SMILES string of the molecule is O=c1nc(/C=C/c2ccc(-c3cccc(C(F)(F)F)c3)o2)cc(C(F)(F)F)[nH]1. The van der Waals surface area contributed by atoms with Crippen molar-refractivity contribution in [2.75, 3.05) is 0 Å². The Kier molecular flexibility index (Phi) is 4.88. The molecule has 0 bridgehead atoms. The van der Waals surface area contributed by atoms with Gasteiger partial charge in [0.05, 0.1) is 11.3 Å². The van der Waals surface area contributed by atoms with Crippen LogP contribution in [0, 0.1) is 0 Å². The van der Waals surface area contributed by atoms with Crippen LogP contribution in [-0.2, 0) is 12.4 Å². The van der Waals surface area contributed by atoms with E-state index < -0.39 is 29.3 Å². The van der Waals surface area contributed by atoms with Crippen LogP contribution in [0.15, 0.2) is 51.7 Å². The lowest BCUT2D eigenvalue weighted by molar-refractivity contribution is -0.141. The standard InChI is InChI=1S/C18H10F6N2O2/c19-17(20,21)11-3-1-2-10(8-11)14-7-6-13(28-14)5-4-12-9-15(18(22,23)24)26-16(27)25-12/h1-9H,(H,25,26,27)/b5-4+. The number of H-pyrrole nitrogens is 1. The summed E-state index contributed by atoms with van der Waals surface area (Å²) in [5, 5.41) is 0. The van der Waals surface area contributed by atoms with Gasteiger partial charge >= 0.3 is 18.0 Å². The Morgan fingerprint density at radius 2 is 1.68 bits per heavy atom. The van der Waals surface area contributed by atoms with E-state index in [1.165, 1.54) is 30.3 Å². The first-order chi connectivity index (χ1) is 13.0. The van der Waals surface area contributed by atoms with Crippen LogP contribution in [0.4, 0.5) is 26.3 Å². The Labute approximate surface area is 153 Å². The Balaban J connectivity index is 1.86. The molecular formula is C18H10F6N2O2. The van der Waals surface area contributed by atoms with Crippen molar-refractivity contribution < 1.29 is 30.8 Å². The average molecular weight is 400 g/mol. The van der Waals surface area contributed by atoms with Gasteiger partial charge < -0.3 is 9.40 Å². The summed E-state index contributed by atoms with van der Waals surface area (Å²) in [6.45, 7) is 0. The number of halogens is 6. The third kappa shape index (κ3) is 4.51. The van der Waals surface area contributed by atoms with Crippen molar-refractivity contribution >= 4 is 12.2 Å². The zero-order valence-corrected chi connectivity index (χ0v) is 13.7. The van der Waals surface area contributed by atoms with E-state index in [-0.39, 0.29) is 22.8 Å². The number of aromatic amines is 1. The van der Waals surface area contributed by atoms with E-state index in [0.29, 0.717) is 6.07 Å². The highest BCUT2D eigenvalue weighted by molar-refractivity contribution is 5.68. The van der Waals surface area contributed by atoms with Crippen LogP contribution in [0.3, 0.4) is 0 Å². The lowest BCUT2D eigenvalue weighted by Crippen LogP contribution is -2.19. The Bertz CT molecular complexity index is 1080. The fourth-order valence-electron chi connectivity index (χ4n) is 2.33. The predicted octanol–water partition coefficient (Wildman–Crippen LogP) is 5.24. The lowest BCUT2D eigenvalue weighted by atomic mass is 10.1. The van der Waals surface area contributed by atoms with E-state index in [4.69, 9.17) is 4.42 Å². The summed E-state index contributed by atoms with van der Waals surface area (Å²) in [7, 11) is 0. The summed E-state index contributed by atoms with van der Waals surface area (Å²) < 4.78 is 81.9. The predicted molar refractivity (Wildman–Crippen MR) is 87.9 cm³/mol. The minimum atomic E-state index is -4.74. The molecule has 146 valence electrons. The first-order valence-corrected chi connectivity index (χ1v) is 7.66. The minimum absolute atomic E-state index is 0.139. The van der Waals surface area contributed by atoms with Crippen molar-refractivity contribution in [1.82, 2.24) is 9.97 Å². The number of benzene rings is 1. The van der Waals surface area contributed by atoms with Gasteiger partial charge in [-0.3, -0.25) is 0 Å². The van der Waals surface area contributed by atoms with E-state index >= 15 is 0 Å². The largest absolute Gasteiger partial charge is 0.457 e. The van der Waals surface area contributed by atoms with E-state index in [2.05, 4.69) is 4.98 Å². The first-order valence-electron chi connectivity index (χ1n) is 7.66. The van der Waals surface area contributed by atoms with Crippen molar-refractivity contribution in [3.63, 3.8) is 0 Å². The van der Waals surface area contributed by atoms with Crippen LogP contribution in [0.1, 0.15) is 22.7 Å². The summed E-state index contributed by atoms with van der Waals surface area (Å²) in [6, 6.07) is 7.98.